The minimum atomic E-state index is -0.531. The van der Waals surface area contributed by atoms with Crippen molar-refractivity contribution in [1.82, 2.24) is 0 Å². The van der Waals surface area contributed by atoms with Gasteiger partial charge in [-0.1, -0.05) is 12.1 Å². The van der Waals surface area contributed by atoms with E-state index in [1.165, 1.54) is 12.1 Å². The van der Waals surface area contributed by atoms with E-state index in [0.717, 1.165) is 0 Å². The Labute approximate surface area is 92.0 Å². The zero-order chi connectivity index (χ0) is 11.3. The first-order chi connectivity index (χ1) is 7.15. The summed E-state index contributed by atoms with van der Waals surface area (Å²) in [5, 5.41) is 13.1. The second-order valence-corrected chi connectivity index (χ2v) is 3.24. The van der Waals surface area contributed by atoms with Gasteiger partial charge in [-0.05, 0) is 11.8 Å². The third-order valence-corrected chi connectivity index (χ3v) is 1.94. The summed E-state index contributed by atoms with van der Waals surface area (Å²) in [6.45, 7) is 0. The van der Waals surface area contributed by atoms with E-state index in [4.69, 9.17) is 0 Å². The highest BCUT2D eigenvalue weighted by molar-refractivity contribution is 7.80. The molecule has 0 bridgehead atoms. The SMILES string of the molecule is O=C(CCS)Nc1ccccc1[N+](=O)[O-]. The predicted molar refractivity (Wildman–Crippen MR) is 60.2 cm³/mol. The molecule has 0 radical (unpaired) electrons. The van der Waals surface area contributed by atoms with Crippen LogP contribution in [0.15, 0.2) is 24.3 Å². The van der Waals surface area contributed by atoms with Gasteiger partial charge in [0.2, 0.25) is 5.91 Å². The van der Waals surface area contributed by atoms with Crippen molar-refractivity contribution >= 4 is 29.9 Å². The lowest BCUT2D eigenvalue weighted by Crippen LogP contribution is -2.12. The summed E-state index contributed by atoms with van der Waals surface area (Å²) in [6, 6.07) is 6.01. The number of rotatable bonds is 4. The molecule has 1 aromatic rings. The summed E-state index contributed by atoms with van der Waals surface area (Å²) in [5.41, 5.74) is 0.110. The number of nitro groups is 1. The van der Waals surface area contributed by atoms with Crippen LogP contribution in [0.1, 0.15) is 6.42 Å². The molecule has 6 heteroatoms. The second kappa shape index (κ2) is 5.35. The van der Waals surface area contributed by atoms with Crippen LogP contribution in [0.25, 0.3) is 0 Å². The first kappa shape index (κ1) is 11.5. The van der Waals surface area contributed by atoms with Crippen LogP contribution in [0.5, 0.6) is 0 Å². The number of nitrogens with zero attached hydrogens (tertiary/aromatic N) is 1. The van der Waals surface area contributed by atoms with Crippen molar-refractivity contribution in [1.29, 1.82) is 0 Å². The molecule has 80 valence electrons. The van der Waals surface area contributed by atoms with Crippen molar-refractivity contribution in [3.05, 3.63) is 34.4 Å². The quantitative estimate of drug-likeness (QED) is 0.467. The third-order valence-electron chi connectivity index (χ3n) is 1.71. The zero-order valence-corrected chi connectivity index (χ0v) is 8.74. The molecule has 5 nitrogen and oxygen atoms in total. The van der Waals surface area contributed by atoms with Crippen LogP contribution in [0.2, 0.25) is 0 Å². The zero-order valence-electron chi connectivity index (χ0n) is 7.84. The largest absolute Gasteiger partial charge is 0.320 e. The minimum Gasteiger partial charge on any atom is -0.320 e. The Balaban J connectivity index is 2.84. The number of para-hydroxylation sites is 2. The summed E-state index contributed by atoms with van der Waals surface area (Å²) >= 11 is 3.90. The van der Waals surface area contributed by atoms with Gasteiger partial charge in [0, 0.05) is 12.5 Å². The van der Waals surface area contributed by atoms with Crippen LogP contribution in [0.4, 0.5) is 11.4 Å². The van der Waals surface area contributed by atoms with Gasteiger partial charge in [0.1, 0.15) is 5.69 Å². The number of hydrogen-bond donors (Lipinski definition) is 2. The Hall–Kier alpha value is -1.56. The molecule has 0 unspecified atom stereocenters. The van der Waals surface area contributed by atoms with Crippen LogP contribution in [-0.4, -0.2) is 16.6 Å². The first-order valence-corrected chi connectivity index (χ1v) is 4.92. The van der Waals surface area contributed by atoms with Crippen molar-refractivity contribution < 1.29 is 9.72 Å². The summed E-state index contributed by atoms with van der Waals surface area (Å²) in [7, 11) is 0. The molecule has 1 aromatic carbocycles. The van der Waals surface area contributed by atoms with Gasteiger partial charge in [0.05, 0.1) is 4.92 Å². The molecular formula is C9H10N2O3S. The highest BCUT2D eigenvalue weighted by Gasteiger charge is 2.13. The molecule has 0 heterocycles. The molecule has 1 amide bonds. The maximum atomic E-state index is 11.2. The number of benzene rings is 1. The fourth-order valence-electron chi connectivity index (χ4n) is 1.05. The third kappa shape index (κ3) is 3.25. The number of hydrogen-bond acceptors (Lipinski definition) is 4. The molecular weight excluding hydrogens is 216 g/mol. The summed E-state index contributed by atoms with van der Waals surface area (Å²) < 4.78 is 0. The van der Waals surface area contributed by atoms with Crippen molar-refractivity contribution in [2.45, 2.75) is 6.42 Å². The number of nitrogens with one attached hydrogen (secondary N) is 1. The Morgan fingerprint density at radius 3 is 2.73 bits per heavy atom. The van der Waals surface area contributed by atoms with Gasteiger partial charge in [0.25, 0.3) is 5.69 Å². The van der Waals surface area contributed by atoms with Crippen molar-refractivity contribution in [2.75, 3.05) is 11.1 Å². The number of carbonyl (C=O) groups excluding carboxylic acids is 1. The average molecular weight is 226 g/mol. The molecule has 0 saturated heterocycles. The summed E-state index contributed by atoms with van der Waals surface area (Å²) in [4.78, 5) is 21.3. The average Bonchev–Trinajstić information content (AvgIpc) is 2.18. The smallest absolute Gasteiger partial charge is 0.292 e. The molecule has 0 saturated carbocycles. The molecule has 15 heavy (non-hydrogen) atoms. The number of carbonyl (C=O) groups is 1. The van der Waals surface area contributed by atoms with E-state index in [1.807, 2.05) is 0 Å². The maximum Gasteiger partial charge on any atom is 0.292 e. The normalized spacial score (nSPS) is 9.67. The van der Waals surface area contributed by atoms with Gasteiger partial charge < -0.3 is 5.32 Å². The molecule has 0 atom stereocenters. The Kier molecular flexibility index (Phi) is 4.11. The molecule has 0 aliphatic carbocycles. The standard InChI is InChI=1S/C9H10N2O3S/c12-9(5-6-15)10-7-3-1-2-4-8(7)11(13)14/h1-4,15H,5-6H2,(H,10,12). The van der Waals surface area contributed by atoms with Crippen LogP contribution < -0.4 is 5.32 Å². The van der Waals surface area contributed by atoms with Gasteiger partial charge in [-0.15, -0.1) is 0 Å². The van der Waals surface area contributed by atoms with E-state index >= 15 is 0 Å². The van der Waals surface area contributed by atoms with E-state index in [0.29, 0.717) is 5.75 Å². The van der Waals surface area contributed by atoms with Crippen LogP contribution in [0, 0.1) is 10.1 Å². The molecule has 0 spiro atoms. The van der Waals surface area contributed by atoms with Crippen molar-refractivity contribution in [2.24, 2.45) is 0 Å². The van der Waals surface area contributed by atoms with Crippen molar-refractivity contribution in [3.63, 3.8) is 0 Å². The number of anilines is 1. The number of amides is 1. The van der Waals surface area contributed by atoms with Gasteiger partial charge in [-0.2, -0.15) is 12.6 Å². The topological polar surface area (TPSA) is 72.2 Å². The molecule has 0 aliphatic heterocycles. The maximum absolute atomic E-state index is 11.2. The fourth-order valence-corrected chi connectivity index (χ4v) is 1.26. The fraction of sp³-hybridized carbons (Fsp3) is 0.222. The lowest BCUT2D eigenvalue weighted by molar-refractivity contribution is -0.383. The lowest BCUT2D eigenvalue weighted by Gasteiger charge is -2.04. The predicted octanol–water partition coefficient (Wildman–Crippen LogP) is 1.85. The van der Waals surface area contributed by atoms with Gasteiger partial charge in [-0.3, -0.25) is 14.9 Å². The highest BCUT2D eigenvalue weighted by atomic mass is 32.1. The number of nitro benzene ring substituents is 1. The second-order valence-electron chi connectivity index (χ2n) is 2.80. The molecule has 1 rings (SSSR count). The molecule has 0 aromatic heterocycles. The Bertz CT molecular complexity index is 381. The van der Waals surface area contributed by atoms with Crippen molar-refractivity contribution in [3.8, 4) is 0 Å². The van der Waals surface area contributed by atoms with E-state index in [-0.39, 0.29) is 23.7 Å². The van der Waals surface area contributed by atoms with Gasteiger partial charge in [0.15, 0.2) is 0 Å². The first-order valence-electron chi connectivity index (χ1n) is 4.29. The van der Waals surface area contributed by atoms with Crippen LogP contribution >= 0.6 is 12.6 Å². The Morgan fingerprint density at radius 2 is 2.13 bits per heavy atom. The van der Waals surface area contributed by atoms with Gasteiger partial charge >= 0.3 is 0 Å². The lowest BCUT2D eigenvalue weighted by atomic mass is 10.2. The Morgan fingerprint density at radius 1 is 1.47 bits per heavy atom. The summed E-state index contributed by atoms with van der Waals surface area (Å²) in [5.74, 6) is 0.131. The molecule has 1 N–H and O–H groups in total. The number of thiol groups is 1. The highest BCUT2D eigenvalue weighted by Crippen LogP contribution is 2.23. The van der Waals surface area contributed by atoms with Crippen LogP contribution in [-0.2, 0) is 4.79 Å². The van der Waals surface area contributed by atoms with E-state index in [9.17, 15) is 14.9 Å². The molecule has 0 aliphatic rings. The monoisotopic (exact) mass is 226 g/mol. The summed E-state index contributed by atoms with van der Waals surface area (Å²) in [6.07, 6.45) is 0.231. The van der Waals surface area contributed by atoms with E-state index < -0.39 is 4.92 Å². The van der Waals surface area contributed by atoms with Crippen LogP contribution in [0.3, 0.4) is 0 Å². The van der Waals surface area contributed by atoms with Gasteiger partial charge in [-0.25, -0.2) is 0 Å². The minimum absolute atomic E-state index is 0.106. The van der Waals surface area contributed by atoms with E-state index in [2.05, 4.69) is 17.9 Å². The molecule has 0 fully saturated rings. The van der Waals surface area contributed by atoms with E-state index in [1.54, 1.807) is 12.1 Å².